The number of H-pyrrole nitrogens is 2. The van der Waals surface area contributed by atoms with Gasteiger partial charge >= 0.3 is 5.69 Å². The van der Waals surface area contributed by atoms with E-state index in [0.29, 0.717) is 12.2 Å². The molecule has 1 atom stereocenters. The number of fused-ring (bicyclic) bond motifs is 3. The Bertz CT molecular complexity index is 1410. The summed E-state index contributed by atoms with van der Waals surface area (Å²) in [7, 11) is 0. The number of nitrogens with one attached hydrogen (secondary N) is 2. The van der Waals surface area contributed by atoms with Gasteiger partial charge < -0.3 is 10.1 Å². The number of aryl methyl sites for hydroxylation is 1. The number of likely N-dealkylation sites (N-methyl/N-ethyl adjacent to an activating group) is 1. The molecule has 4 aromatic rings. The van der Waals surface area contributed by atoms with Crippen LogP contribution in [0.2, 0.25) is 0 Å². The highest BCUT2D eigenvalue weighted by Crippen LogP contribution is 2.39. The molecule has 0 aliphatic carbocycles. The molecule has 0 saturated heterocycles. The molecule has 32 heavy (non-hydrogen) atoms. The van der Waals surface area contributed by atoms with Crippen molar-refractivity contribution in [2.45, 2.75) is 32.7 Å². The molecule has 3 N–H and O–H groups in total. The van der Waals surface area contributed by atoms with E-state index < -0.39 is 17.3 Å². The number of aromatic hydroxyl groups is 1. The summed E-state index contributed by atoms with van der Waals surface area (Å²) in [5.41, 5.74) is 3.64. The number of rotatable bonds is 4. The van der Waals surface area contributed by atoms with Crippen LogP contribution >= 0.6 is 0 Å². The van der Waals surface area contributed by atoms with Crippen LogP contribution in [0.4, 0.5) is 0 Å². The van der Waals surface area contributed by atoms with Gasteiger partial charge in [0, 0.05) is 23.1 Å². The maximum atomic E-state index is 13.1. The van der Waals surface area contributed by atoms with Gasteiger partial charge in [-0.25, -0.2) is 9.36 Å². The molecule has 7 nitrogen and oxygen atoms in total. The summed E-state index contributed by atoms with van der Waals surface area (Å²) in [6.07, 6.45) is 1.72. The van der Waals surface area contributed by atoms with E-state index in [1.807, 2.05) is 37.3 Å². The average Bonchev–Trinajstić information content (AvgIpc) is 3.18. The standard InChI is InChI=1S/C25H26N4O3/c1-3-15-9-11-16(12-10-15)29-24(31)20(23(30)27-25(29)32)22-21-18(13-14-28(22)4-2)17-7-5-6-8-19(17)26-21/h5-12,22,26,31H,3-4,13-14H2,1-2H3,(H,27,30,32). The van der Waals surface area contributed by atoms with Gasteiger partial charge in [-0.3, -0.25) is 14.7 Å². The molecule has 2 aromatic heterocycles. The molecule has 0 fully saturated rings. The lowest BCUT2D eigenvalue weighted by molar-refractivity contribution is 0.215. The lowest BCUT2D eigenvalue weighted by atomic mass is 9.93. The third-order valence-corrected chi connectivity index (χ3v) is 6.54. The summed E-state index contributed by atoms with van der Waals surface area (Å²) < 4.78 is 1.18. The number of benzene rings is 2. The first-order valence-corrected chi connectivity index (χ1v) is 11.0. The Morgan fingerprint density at radius 1 is 1.03 bits per heavy atom. The third kappa shape index (κ3) is 3.08. The molecule has 1 aliphatic heterocycles. The van der Waals surface area contributed by atoms with Gasteiger partial charge in [0.05, 0.1) is 11.7 Å². The molecular weight excluding hydrogens is 404 g/mol. The highest BCUT2D eigenvalue weighted by Gasteiger charge is 2.35. The van der Waals surface area contributed by atoms with Gasteiger partial charge in [-0.2, -0.15) is 0 Å². The Balaban J connectivity index is 1.75. The Hall–Kier alpha value is -3.58. The van der Waals surface area contributed by atoms with Gasteiger partial charge in [-0.15, -0.1) is 0 Å². The van der Waals surface area contributed by atoms with E-state index in [0.717, 1.165) is 47.1 Å². The summed E-state index contributed by atoms with van der Waals surface area (Å²) in [6.45, 7) is 5.53. The monoisotopic (exact) mass is 430 g/mol. The molecule has 0 spiro atoms. The number of aromatic amines is 2. The van der Waals surface area contributed by atoms with Gasteiger partial charge in [0.1, 0.15) is 5.56 Å². The predicted octanol–water partition coefficient (Wildman–Crippen LogP) is 3.24. The Kier molecular flexibility index (Phi) is 4.98. The predicted molar refractivity (Wildman–Crippen MR) is 125 cm³/mol. The van der Waals surface area contributed by atoms with Gasteiger partial charge in [0.25, 0.3) is 5.56 Å². The molecule has 0 amide bonds. The molecule has 7 heteroatoms. The Morgan fingerprint density at radius 2 is 1.78 bits per heavy atom. The summed E-state index contributed by atoms with van der Waals surface area (Å²) in [4.78, 5) is 33.8. The topological polar surface area (TPSA) is 94.1 Å². The van der Waals surface area contributed by atoms with Gasteiger partial charge in [0.2, 0.25) is 5.88 Å². The fourth-order valence-corrected chi connectivity index (χ4v) is 4.86. The molecule has 1 unspecified atom stereocenters. The molecule has 0 saturated carbocycles. The van der Waals surface area contributed by atoms with E-state index in [4.69, 9.17) is 0 Å². The van der Waals surface area contributed by atoms with E-state index in [-0.39, 0.29) is 11.4 Å². The molecule has 1 aliphatic rings. The maximum Gasteiger partial charge on any atom is 0.335 e. The summed E-state index contributed by atoms with van der Waals surface area (Å²) in [6, 6.07) is 15.0. The number of hydrogen-bond acceptors (Lipinski definition) is 4. The molecule has 3 heterocycles. The first-order chi connectivity index (χ1) is 15.5. The highest BCUT2D eigenvalue weighted by atomic mass is 16.3. The van der Waals surface area contributed by atoms with E-state index in [2.05, 4.69) is 27.9 Å². The minimum atomic E-state index is -0.656. The van der Waals surface area contributed by atoms with Crippen molar-refractivity contribution < 1.29 is 5.11 Å². The lowest BCUT2D eigenvalue weighted by Gasteiger charge is -2.35. The second-order valence-electron chi connectivity index (χ2n) is 8.20. The van der Waals surface area contributed by atoms with Crippen molar-refractivity contribution in [3.8, 4) is 11.6 Å². The molecule has 164 valence electrons. The van der Waals surface area contributed by atoms with Crippen molar-refractivity contribution in [1.29, 1.82) is 0 Å². The largest absolute Gasteiger partial charge is 0.494 e. The molecule has 5 rings (SSSR count). The van der Waals surface area contributed by atoms with Crippen molar-refractivity contribution in [2.24, 2.45) is 0 Å². The zero-order valence-corrected chi connectivity index (χ0v) is 18.2. The van der Waals surface area contributed by atoms with Crippen LogP contribution in [0.1, 0.15) is 42.3 Å². The first-order valence-electron chi connectivity index (χ1n) is 11.0. The number of aromatic nitrogens is 3. The zero-order chi connectivity index (χ0) is 22.4. The minimum Gasteiger partial charge on any atom is -0.494 e. The minimum absolute atomic E-state index is 0.179. The fourth-order valence-electron chi connectivity index (χ4n) is 4.86. The SMILES string of the molecule is CCc1ccc(-n2c(O)c(C3c4[nH]c5ccccc5c4CCN3CC)c(=O)[nH]c2=O)cc1. The van der Waals surface area contributed by atoms with Gasteiger partial charge in [-0.05, 0) is 48.7 Å². The highest BCUT2D eigenvalue weighted by molar-refractivity contribution is 5.85. The summed E-state index contributed by atoms with van der Waals surface area (Å²) in [5, 5.41) is 12.4. The number of nitrogens with zero attached hydrogens (tertiary/aromatic N) is 2. The first kappa shape index (κ1) is 20.3. The lowest BCUT2D eigenvalue weighted by Crippen LogP contribution is -2.41. The molecule has 0 radical (unpaired) electrons. The average molecular weight is 431 g/mol. The Morgan fingerprint density at radius 3 is 2.50 bits per heavy atom. The van der Waals surface area contributed by atoms with E-state index in [1.54, 1.807) is 12.1 Å². The van der Waals surface area contributed by atoms with Crippen LogP contribution < -0.4 is 11.2 Å². The van der Waals surface area contributed by atoms with E-state index in [1.165, 1.54) is 4.57 Å². The van der Waals surface area contributed by atoms with Crippen molar-refractivity contribution in [3.63, 3.8) is 0 Å². The van der Waals surface area contributed by atoms with Crippen LogP contribution in [0.5, 0.6) is 5.88 Å². The van der Waals surface area contributed by atoms with E-state index in [9.17, 15) is 14.7 Å². The summed E-state index contributed by atoms with van der Waals surface area (Å²) in [5.74, 6) is -0.321. The van der Waals surface area contributed by atoms with Crippen LogP contribution in [0.25, 0.3) is 16.6 Å². The van der Waals surface area contributed by atoms with Crippen molar-refractivity contribution in [3.05, 3.63) is 91.8 Å². The number of hydrogen-bond donors (Lipinski definition) is 3. The van der Waals surface area contributed by atoms with Gasteiger partial charge in [-0.1, -0.05) is 44.2 Å². The smallest absolute Gasteiger partial charge is 0.335 e. The second kappa shape index (κ2) is 7.84. The van der Waals surface area contributed by atoms with Crippen LogP contribution in [-0.4, -0.2) is 37.6 Å². The van der Waals surface area contributed by atoms with Crippen molar-refractivity contribution in [1.82, 2.24) is 19.4 Å². The van der Waals surface area contributed by atoms with Gasteiger partial charge in [0.15, 0.2) is 0 Å². The van der Waals surface area contributed by atoms with E-state index >= 15 is 0 Å². The molecular formula is C25H26N4O3. The number of para-hydroxylation sites is 1. The van der Waals surface area contributed by atoms with Crippen LogP contribution in [0, 0.1) is 0 Å². The molecule has 2 aromatic carbocycles. The van der Waals surface area contributed by atoms with Crippen molar-refractivity contribution >= 4 is 10.9 Å². The molecule has 0 bridgehead atoms. The normalized spacial score (nSPS) is 16.4. The fraction of sp³-hybridized carbons (Fsp3) is 0.280. The summed E-state index contributed by atoms with van der Waals surface area (Å²) >= 11 is 0. The van der Waals surface area contributed by atoms with Crippen molar-refractivity contribution in [2.75, 3.05) is 13.1 Å². The third-order valence-electron chi connectivity index (χ3n) is 6.54. The van der Waals surface area contributed by atoms with Crippen LogP contribution in [0.3, 0.4) is 0 Å². The quantitative estimate of drug-likeness (QED) is 0.463. The maximum absolute atomic E-state index is 13.1. The van der Waals surface area contributed by atoms with Crippen LogP contribution in [-0.2, 0) is 12.8 Å². The Labute approximate surface area is 185 Å². The zero-order valence-electron chi connectivity index (χ0n) is 18.2. The van der Waals surface area contributed by atoms with Crippen LogP contribution in [0.15, 0.2) is 58.1 Å². The second-order valence-corrected chi connectivity index (χ2v) is 8.20.